The molecular weight excluding hydrogens is 412 g/mol. The van der Waals surface area contributed by atoms with E-state index in [2.05, 4.69) is 5.32 Å². The van der Waals surface area contributed by atoms with E-state index in [-0.39, 0.29) is 42.7 Å². The quantitative estimate of drug-likeness (QED) is 0.695. The van der Waals surface area contributed by atoms with Gasteiger partial charge in [-0.25, -0.2) is 12.8 Å². The molecule has 10 heteroatoms. The van der Waals surface area contributed by atoms with Crippen LogP contribution in [0.1, 0.15) is 44.1 Å². The molecule has 0 aliphatic heterocycles. The molecule has 0 heterocycles. The van der Waals surface area contributed by atoms with Crippen molar-refractivity contribution in [2.45, 2.75) is 60.9 Å². The molecule has 2 saturated carbocycles. The molecule has 0 bridgehead atoms. The van der Waals surface area contributed by atoms with Crippen molar-refractivity contribution in [3.8, 4) is 0 Å². The highest BCUT2D eigenvalue weighted by atomic mass is 32.2. The van der Waals surface area contributed by atoms with E-state index in [1.165, 1.54) is 0 Å². The number of hydrogen-bond donors (Lipinski definition) is 2. The van der Waals surface area contributed by atoms with Gasteiger partial charge in [-0.1, -0.05) is 12.8 Å². The van der Waals surface area contributed by atoms with E-state index in [4.69, 9.17) is 5.73 Å². The van der Waals surface area contributed by atoms with Gasteiger partial charge in [-0.15, -0.1) is 0 Å². The number of rotatable bonds is 5. The number of nitrogens with one attached hydrogen (secondary N) is 1. The fourth-order valence-corrected chi connectivity index (χ4v) is 6.04. The van der Waals surface area contributed by atoms with Crippen molar-refractivity contribution in [1.29, 1.82) is 0 Å². The highest BCUT2D eigenvalue weighted by Crippen LogP contribution is 2.38. The minimum Gasteiger partial charge on any atom is -0.356 e. The Bertz CT molecular complexity index is 867. The second-order valence-electron chi connectivity index (χ2n) is 7.98. The summed E-state index contributed by atoms with van der Waals surface area (Å²) < 4.78 is 77.2. The summed E-state index contributed by atoms with van der Waals surface area (Å²) in [5.41, 5.74) is 4.65. The van der Waals surface area contributed by atoms with Crippen LogP contribution >= 0.6 is 0 Å². The van der Waals surface area contributed by atoms with Gasteiger partial charge in [0.25, 0.3) is 0 Å². The lowest BCUT2D eigenvalue weighted by Crippen LogP contribution is -2.47. The van der Waals surface area contributed by atoms with Gasteiger partial charge in [0.05, 0.1) is 21.6 Å². The third kappa shape index (κ3) is 4.91. The van der Waals surface area contributed by atoms with Crippen LogP contribution in [0.15, 0.2) is 23.1 Å². The predicted molar refractivity (Wildman–Crippen MR) is 98.0 cm³/mol. The number of nitrogens with two attached hydrogens (primary N) is 1. The maximum absolute atomic E-state index is 13.5. The number of sulfone groups is 1. The summed E-state index contributed by atoms with van der Waals surface area (Å²) in [6.07, 6.45) is -0.940. The Morgan fingerprint density at radius 3 is 2.41 bits per heavy atom. The van der Waals surface area contributed by atoms with Crippen LogP contribution < -0.4 is 11.1 Å². The summed E-state index contributed by atoms with van der Waals surface area (Å²) in [5, 5.41) is 1.93. The summed E-state index contributed by atoms with van der Waals surface area (Å²) in [7, 11) is -4.08. The van der Waals surface area contributed by atoms with Crippen LogP contribution in [0.5, 0.6) is 0 Å². The summed E-state index contributed by atoms with van der Waals surface area (Å²) in [6, 6.07) is 1.19. The Labute approximate surface area is 167 Å². The lowest BCUT2D eigenvalue weighted by molar-refractivity contribution is -0.138. The lowest BCUT2D eigenvalue weighted by Gasteiger charge is -2.36. The Hall–Kier alpha value is -1.68. The third-order valence-corrected chi connectivity index (χ3v) is 8.03. The minimum absolute atomic E-state index is 0.0887. The van der Waals surface area contributed by atoms with Crippen LogP contribution in [0.2, 0.25) is 0 Å². The average molecular weight is 436 g/mol. The number of carbonyl (C=O) groups excluding carboxylic acids is 1. The predicted octanol–water partition coefficient (Wildman–Crippen LogP) is 3.03. The van der Waals surface area contributed by atoms with Gasteiger partial charge in [-0.2, -0.15) is 13.2 Å². The van der Waals surface area contributed by atoms with Crippen LogP contribution in [0.3, 0.4) is 0 Å². The summed E-state index contributed by atoms with van der Waals surface area (Å²) >= 11 is 0. The SMILES string of the molecule is N[C@H]1CCCC[C@@H]1C(=O)NC[C@H]1C[C@H](S(=O)(=O)c2cc(F)cc(C(F)(F)F)c2)C1. The molecule has 3 rings (SSSR count). The Morgan fingerprint density at radius 2 is 1.79 bits per heavy atom. The number of alkyl halides is 3. The molecule has 1 amide bonds. The van der Waals surface area contributed by atoms with Crippen LogP contribution in [0.25, 0.3) is 0 Å². The number of carbonyl (C=O) groups is 1. The van der Waals surface area contributed by atoms with E-state index in [1.807, 2.05) is 0 Å². The molecule has 2 fully saturated rings. The largest absolute Gasteiger partial charge is 0.416 e. The standard InChI is InChI=1S/C19H24F4N2O3S/c20-13-7-12(19(21,22)23)8-15(9-13)29(27,28)14-5-11(6-14)10-25-18(26)16-3-1-2-4-17(16)24/h7-9,11,14,16-17H,1-6,10,24H2,(H,25,26)/t11-,14-,16-,17-/m0/s1. The highest BCUT2D eigenvalue weighted by Gasteiger charge is 2.41. The Kier molecular flexibility index (Phi) is 6.24. The van der Waals surface area contributed by atoms with Crippen molar-refractivity contribution in [2.24, 2.45) is 17.6 Å². The maximum Gasteiger partial charge on any atom is 0.416 e. The second-order valence-corrected chi connectivity index (χ2v) is 10.2. The van der Waals surface area contributed by atoms with E-state index >= 15 is 0 Å². The van der Waals surface area contributed by atoms with Gasteiger partial charge in [-0.05, 0) is 49.8 Å². The first kappa shape index (κ1) is 22.0. The number of amides is 1. The zero-order valence-electron chi connectivity index (χ0n) is 15.7. The average Bonchev–Trinajstić information content (AvgIpc) is 2.59. The zero-order valence-corrected chi connectivity index (χ0v) is 16.5. The normalized spacial score (nSPS) is 27.9. The van der Waals surface area contributed by atoms with E-state index in [1.54, 1.807) is 0 Å². The molecule has 0 radical (unpaired) electrons. The molecule has 3 N–H and O–H groups in total. The van der Waals surface area contributed by atoms with Crippen molar-refractivity contribution in [1.82, 2.24) is 5.32 Å². The van der Waals surface area contributed by atoms with Crippen LogP contribution in [0, 0.1) is 17.7 Å². The van der Waals surface area contributed by atoms with Crippen LogP contribution in [0.4, 0.5) is 17.6 Å². The monoisotopic (exact) mass is 436 g/mol. The van der Waals surface area contributed by atoms with Crippen molar-refractivity contribution in [2.75, 3.05) is 6.54 Å². The first-order valence-corrected chi connectivity index (χ1v) is 11.2. The maximum atomic E-state index is 13.5. The molecule has 5 nitrogen and oxygen atoms in total. The molecular formula is C19H24F4N2O3S. The van der Waals surface area contributed by atoms with Gasteiger partial charge in [-0.3, -0.25) is 4.79 Å². The van der Waals surface area contributed by atoms with E-state index in [0.717, 1.165) is 25.7 Å². The Morgan fingerprint density at radius 1 is 1.14 bits per heavy atom. The highest BCUT2D eigenvalue weighted by molar-refractivity contribution is 7.92. The topological polar surface area (TPSA) is 89.3 Å². The molecule has 1 aromatic carbocycles. The molecule has 0 spiro atoms. The van der Waals surface area contributed by atoms with E-state index in [9.17, 15) is 30.8 Å². The van der Waals surface area contributed by atoms with Crippen molar-refractivity contribution >= 4 is 15.7 Å². The van der Waals surface area contributed by atoms with Crippen LogP contribution in [-0.2, 0) is 20.8 Å². The van der Waals surface area contributed by atoms with Crippen molar-refractivity contribution in [3.05, 3.63) is 29.6 Å². The van der Waals surface area contributed by atoms with Crippen LogP contribution in [-0.4, -0.2) is 32.2 Å². The first-order valence-electron chi connectivity index (χ1n) is 9.63. The molecule has 0 aromatic heterocycles. The van der Waals surface area contributed by atoms with Gasteiger partial charge in [0, 0.05) is 12.6 Å². The van der Waals surface area contributed by atoms with Gasteiger partial charge in [0.15, 0.2) is 9.84 Å². The molecule has 162 valence electrons. The molecule has 29 heavy (non-hydrogen) atoms. The van der Waals surface area contributed by atoms with E-state index in [0.29, 0.717) is 18.7 Å². The first-order chi connectivity index (χ1) is 13.5. The third-order valence-electron chi connectivity index (χ3n) is 5.88. The van der Waals surface area contributed by atoms with Crippen molar-refractivity contribution < 1.29 is 30.8 Å². The fourth-order valence-electron chi connectivity index (χ4n) is 4.04. The van der Waals surface area contributed by atoms with Gasteiger partial charge >= 0.3 is 6.18 Å². The van der Waals surface area contributed by atoms with Gasteiger partial charge in [0.1, 0.15) is 5.82 Å². The number of benzene rings is 1. The van der Waals surface area contributed by atoms with Gasteiger partial charge in [0.2, 0.25) is 5.91 Å². The lowest BCUT2D eigenvalue weighted by atomic mass is 9.83. The number of halogens is 4. The zero-order chi connectivity index (χ0) is 21.4. The smallest absolute Gasteiger partial charge is 0.356 e. The van der Waals surface area contributed by atoms with Crippen molar-refractivity contribution in [3.63, 3.8) is 0 Å². The number of hydrogen-bond acceptors (Lipinski definition) is 4. The minimum atomic E-state index is -4.83. The summed E-state index contributed by atoms with van der Waals surface area (Å²) in [6.45, 7) is 0.297. The molecule has 0 unspecified atom stereocenters. The second kappa shape index (κ2) is 8.22. The molecule has 2 aliphatic carbocycles. The summed E-state index contributed by atoms with van der Waals surface area (Å²) in [4.78, 5) is 11.6. The molecule has 0 saturated heterocycles. The molecule has 2 atom stereocenters. The Balaban J connectivity index is 1.57. The molecule has 1 aromatic rings. The van der Waals surface area contributed by atoms with E-state index < -0.39 is 37.5 Å². The fraction of sp³-hybridized carbons (Fsp3) is 0.632. The summed E-state index contributed by atoms with van der Waals surface area (Å²) in [5.74, 6) is -1.71. The molecule has 2 aliphatic rings. The van der Waals surface area contributed by atoms with Gasteiger partial charge < -0.3 is 11.1 Å².